The van der Waals surface area contributed by atoms with Crippen LogP contribution in [0.15, 0.2) is 41.0 Å². The molecule has 0 atom stereocenters. The van der Waals surface area contributed by atoms with Gasteiger partial charge in [-0.3, -0.25) is 4.79 Å². The van der Waals surface area contributed by atoms with Crippen LogP contribution in [-0.4, -0.2) is 10.9 Å². The number of benzene rings is 1. The van der Waals surface area contributed by atoms with E-state index in [4.69, 9.17) is 11.6 Å². The van der Waals surface area contributed by atoms with Crippen molar-refractivity contribution in [3.05, 3.63) is 57.3 Å². The van der Waals surface area contributed by atoms with Crippen molar-refractivity contribution in [2.24, 2.45) is 0 Å². The molecule has 0 aliphatic heterocycles. The fourth-order valence-electron chi connectivity index (χ4n) is 1.38. The lowest BCUT2D eigenvalue weighted by Gasteiger charge is -2.06. The highest BCUT2D eigenvalue weighted by atomic mass is 79.9. The molecule has 18 heavy (non-hydrogen) atoms. The first-order valence-electron chi connectivity index (χ1n) is 5.25. The summed E-state index contributed by atoms with van der Waals surface area (Å²) in [6.07, 6.45) is 1.45. The molecule has 92 valence electrons. The van der Waals surface area contributed by atoms with Gasteiger partial charge in [-0.2, -0.15) is 0 Å². The van der Waals surface area contributed by atoms with Crippen molar-refractivity contribution >= 4 is 39.1 Å². The summed E-state index contributed by atoms with van der Waals surface area (Å²) in [7, 11) is 0. The van der Waals surface area contributed by atoms with Crippen LogP contribution in [0.25, 0.3) is 0 Å². The number of aryl methyl sites for hydroxylation is 1. The van der Waals surface area contributed by atoms with Crippen LogP contribution in [-0.2, 0) is 0 Å². The molecule has 0 bridgehead atoms. The van der Waals surface area contributed by atoms with E-state index in [9.17, 15) is 4.79 Å². The highest BCUT2D eigenvalue weighted by Crippen LogP contribution is 2.21. The van der Waals surface area contributed by atoms with Gasteiger partial charge in [0.2, 0.25) is 0 Å². The summed E-state index contributed by atoms with van der Waals surface area (Å²) in [4.78, 5) is 15.8. The number of nitrogens with one attached hydrogen (secondary N) is 1. The average Bonchev–Trinajstić information content (AvgIpc) is 2.34. The summed E-state index contributed by atoms with van der Waals surface area (Å²) in [5.74, 6) is -0.262. The number of nitrogens with zero attached hydrogens (tertiary/aromatic N) is 1. The molecule has 1 amide bonds. The smallest absolute Gasteiger partial charge is 0.274 e. The van der Waals surface area contributed by atoms with Gasteiger partial charge in [0, 0.05) is 16.4 Å². The third kappa shape index (κ3) is 3.09. The minimum Gasteiger partial charge on any atom is -0.321 e. The van der Waals surface area contributed by atoms with Gasteiger partial charge < -0.3 is 5.32 Å². The number of aromatic nitrogens is 1. The fraction of sp³-hybridized carbons (Fsp3) is 0.0769. The SMILES string of the molecule is Cc1ccc(NC(=O)c2ccc(Cl)cn2)cc1Br. The summed E-state index contributed by atoms with van der Waals surface area (Å²) in [5.41, 5.74) is 2.16. The first-order valence-corrected chi connectivity index (χ1v) is 6.42. The standard InChI is InChI=1S/C13H10BrClN2O/c1-8-2-4-10(6-11(8)14)17-13(18)12-5-3-9(15)7-16-12/h2-7H,1H3,(H,17,18). The maximum atomic E-state index is 11.9. The number of hydrogen-bond acceptors (Lipinski definition) is 2. The van der Waals surface area contributed by atoms with E-state index >= 15 is 0 Å². The Labute approximate surface area is 118 Å². The first-order chi connectivity index (χ1) is 8.56. The van der Waals surface area contributed by atoms with Crippen molar-refractivity contribution in [3.63, 3.8) is 0 Å². The minimum atomic E-state index is -0.262. The van der Waals surface area contributed by atoms with Gasteiger partial charge in [-0.15, -0.1) is 0 Å². The summed E-state index contributed by atoms with van der Waals surface area (Å²) in [6, 6.07) is 8.83. The van der Waals surface area contributed by atoms with E-state index in [-0.39, 0.29) is 5.91 Å². The lowest BCUT2D eigenvalue weighted by atomic mass is 10.2. The lowest BCUT2D eigenvalue weighted by molar-refractivity contribution is 0.102. The Hall–Kier alpha value is -1.39. The predicted molar refractivity (Wildman–Crippen MR) is 76.1 cm³/mol. The topological polar surface area (TPSA) is 42.0 Å². The average molecular weight is 326 g/mol. The summed E-state index contributed by atoms with van der Waals surface area (Å²) in [5, 5.41) is 3.28. The Bertz CT molecular complexity index is 584. The Morgan fingerprint density at radius 1 is 1.33 bits per heavy atom. The molecule has 1 aromatic carbocycles. The third-order valence-corrected chi connectivity index (χ3v) is 3.47. The Morgan fingerprint density at radius 3 is 2.72 bits per heavy atom. The molecule has 0 radical (unpaired) electrons. The van der Waals surface area contributed by atoms with Gasteiger partial charge in [0.15, 0.2) is 0 Å². The number of amides is 1. The van der Waals surface area contributed by atoms with E-state index in [1.807, 2.05) is 25.1 Å². The molecule has 0 saturated heterocycles. The van der Waals surface area contributed by atoms with Crippen LogP contribution >= 0.6 is 27.5 Å². The normalized spacial score (nSPS) is 10.2. The maximum Gasteiger partial charge on any atom is 0.274 e. The third-order valence-electron chi connectivity index (χ3n) is 2.39. The molecule has 0 fully saturated rings. The molecular formula is C13H10BrClN2O. The lowest BCUT2D eigenvalue weighted by Crippen LogP contribution is -2.13. The highest BCUT2D eigenvalue weighted by Gasteiger charge is 2.08. The molecule has 2 rings (SSSR count). The second-order valence-corrected chi connectivity index (χ2v) is 5.07. The number of hydrogen-bond donors (Lipinski definition) is 1. The number of rotatable bonds is 2. The summed E-state index contributed by atoms with van der Waals surface area (Å²) < 4.78 is 0.948. The predicted octanol–water partition coefficient (Wildman–Crippen LogP) is 4.06. The van der Waals surface area contributed by atoms with Gasteiger partial charge in [0.25, 0.3) is 5.91 Å². The van der Waals surface area contributed by atoms with Crippen LogP contribution in [0.5, 0.6) is 0 Å². The molecule has 3 nitrogen and oxygen atoms in total. The monoisotopic (exact) mass is 324 g/mol. The molecule has 1 aromatic heterocycles. The van der Waals surface area contributed by atoms with Crippen molar-refractivity contribution in [2.45, 2.75) is 6.92 Å². The summed E-state index contributed by atoms with van der Waals surface area (Å²) in [6.45, 7) is 1.98. The fourth-order valence-corrected chi connectivity index (χ4v) is 1.87. The van der Waals surface area contributed by atoms with Gasteiger partial charge in [0.1, 0.15) is 5.69 Å². The van der Waals surface area contributed by atoms with Crippen LogP contribution in [0, 0.1) is 6.92 Å². The zero-order valence-electron chi connectivity index (χ0n) is 9.58. The molecule has 0 spiro atoms. The number of carbonyl (C=O) groups excluding carboxylic acids is 1. The van der Waals surface area contributed by atoms with Crippen molar-refractivity contribution in [1.82, 2.24) is 4.98 Å². The molecule has 0 aliphatic rings. The van der Waals surface area contributed by atoms with Crippen LogP contribution in [0.4, 0.5) is 5.69 Å². The van der Waals surface area contributed by atoms with Crippen molar-refractivity contribution in [3.8, 4) is 0 Å². The van der Waals surface area contributed by atoms with Crippen molar-refractivity contribution < 1.29 is 4.79 Å². The van der Waals surface area contributed by atoms with Crippen LogP contribution in [0.2, 0.25) is 5.02 Å². The summed E-state index contributed by atoms with van der Waals surface area (Å²) >= 11 is 9.13. The van der Waals surface area contributed by atoms with Crippen molar-refractivity contribution in [2.75, 3.05) is 5.32 Å². The van der Waals surface area contributed by atoms with E-state index < -0.39 is 0 Å². The number of carbonyl (C=O) groups is 1. The largest absolute Gasteiger partial charge is 0.321 e. The van der Waals surface area contributed by atoms with Gasteiger partial charge in [0.05, 0.1) is 5.02 Å². The number of halogens is 2. The van der Waals surface area contributed by atoms with Gasteiger partial charge >= 0.3 is 0 Å². The second kappa shape index (κ2) is 5.50. The van der Waals surface area contributed by atoms with Gasteiger partial charge in [-0.25, -0.2) is 4.98 Å². The minimum absolute atomic E-state index is 0.262. The molecule has 0 aliphatic carbocycles. The molecule has 1 heterocycles. The van der Waals surface area contributed by atoms with Crippen molar-refractivity contribution in [1.29, 1.82) is 0 Å². The quantitative estimate of drug-likeness (QED) is 0.905. The molecular weight excluding hydrogens is 316 g/mol. The van der Waals surface area contributed by atoms with E-state index in [0.717, 1.165) is 10.0 Å². The van der Waals surface area contributed by atoms with Crippen LogP contribution in [0.1, 0.15) is 16.1 Å². The Kier molecular flexibility index (Phi) is 3.99. The highest BCUT2D eigenvalue weighted by molar-refractivity contribution is 9.10. The number of pyridine rings is 1. The number of anilines is 1. The van der Waals surface area contributed by atoms with E-state index in [0.29, 0.717) is 16.4 Å². The van der Waals surface area contributed by atoms with E-state index in [1.165, 1.54) is 6.20 Å². The molecule has 5 heteroatoms. The van der Waals surface area contributed by atoms with Crippen LogP contribution < -0.4 is 5.32 Å². The molecule has 0 saturated carbocycles. The van der Waals surface area contributed by atoms with E-state index in [1.54, 1.807) is 12.1 Å². The van der Waals surface area contributed by atoms with E-state index in [2.05, 4.69) is 26.2 Å². The van der Waals surface area contributed by atoms with Gasteiger partial charge in [-0.1, -0.05) is 33.6 Å². The Balaban J connectivity index is 2.16. The molecule has 0 unspecified atom stereocenters. The zero-order chi connectivity index (χ0) is 13.1. The van der Waals surface area contributed by atoms with Crippen LogP contribution in [0.3, 0.4) is 0 Å². The second-order valence-electron chi connectivity index (χ2n) is 3.78. The Morgan fingerprint density at radius 2 is 2.11 bits per heavy atom. The zero-order valence-corrected chi connectivity index (χ0v) is 11.9. The first kappa shape index (κ1) is 13.1. The van der Waals surface area contributed by atoms with Gasteiger partial charge in [-0.05, 0) is 36.8 Å². The molecule has 2 aromatic rings. The maximum absolute atomic E-state index is 11.9. The molecule has 1 N–H and O–H groups in total.